The zero-order valence-electron chi connectivity index (χ0n) is 19.3. The predicted octanol–water partition coefficient (Wildman–Crippen LogP) is 6.72. The van der Waals surface area contributed by atoms with E-state index in [2.05, 4.69) is 10.5 Å². The van der Waals surface area contributed by atoms with E-state index in [0.717, 1.165) is 16.9 Å². The summed E-state index contributed by atoms with van der Waals surface area (Å²) in [4.78, 5) is 12.2. The molecule has 1 amide bonds. The lowest BCUT2D eigenvalue weighted by Crippen LogP contribution is -2.19. The molecule has 0 aliphatic rings. The number of carbonyl (C=O) groups is 1. The highest BCUT2D eigenvalue weighted by Gasteiger charge is 2.14. The summed E-state index contributed by atoms with van der Waals surface area (Å²) in [5.74, 6) is 1.35. The first-order valence-corrected chi connectivity index (χ1v) is 12.1. The number of carbonyl (C=O) groups excluding carboxylic acids is 1. The van der Waals surface area contributed by atoms with Gasteiger partial charge in [-0.15, -0.1) is 0 Å². The summed E-state index contributed by atoms with van der Waals surface area (Å²) >= 11 is 18.6. The molecule has 0 spiro atoms. The lowest BCUT2D eigenvalue weighted by Gasteiger charge is -2.15. The number of hydrogen-bond acceptors (Lipinski definition) is 5. The maximum absolute atomic E-state index is 12.2. The maximum atomic E-state index is 12.2. The van der Waals surface area contributed by atoms with Crippen molar-refractivity contribution < 1.29 is 19.0 Å². The number of nitrogens with zero attached hydrogens (tertiary/aromatic N) is 1. The van der Waals surface area contributed by atoms with E-state index >= 15 is 0 Å². The third-order valence-corrected chi connectivity index (χ3v) is 5.59. The highest BCUT2D eigenvalue weighted by Crippen LogP contribution is 2.37. The fraction of sp³-hybridized carbons (Fsp3) is 0.231. The molecule has 0 atom stereocenters. The molecule has 0 aliphatic heterocycles. The number of amides is 1. The lowest BCUT2D eigenvalue weighted by molar-refractivity contribution is -0.120. The normalized spacial score (nSPS) is 10.9. The van der Waals surface area contributed by atoms with Crippen molar-refractivity contribution in [2.75, 3.05) is 13.2 Å². The van der Waals surface area contributed by atoms with Gasteiger partial charge in [0.2, 0.25) is 5.91 Å². The van der Waals surface area contributed by atoms with E-state index in [0.29, 0.717) is 45.3 Å². The minimum absolute atomic E-state index is 0.185. The first kappa shape index (κ1) is 26.7. The number of rotatable bonds is 11. The largest absolute Gasteiger partial charge is 0.494 e. The Kier molecular flexibility index (Phi) is 10.1. The fourth-order valence-corrected chi connectivity index (χ4v) is 3.86. The van der Waals surface area contributed by atoms with Crippen molar-refractivity contribution in [2.24, 2.45) is 5.10 Å². The molecular formula is C26H25Cl3N2O4. The molecule has 184 valence electrons. The molecule has 3 aromatic carbocycles. The van der Waals surface area contributed by atoms with E-state index < -0.39 is 0 Å². The summed E-state index contributed by atoms with van der Waals surface area (Å²) in [6, 6.07) is 15.9. The second-order valence-corrected chi connectivity index (χ2v) is 8.59. The predicted molar refractivity (Wildman–Crippen MR) is 140 cm³/mol. The van der Waals surface area contributed by atoms with Gasteiger partial charge in [0, 0.05) is 15.6 Å². The molecule has 0 saturated heterocycles. The van der Waals surface area contributed by atoms with Crippen LogP contribution in [0.25, 0.3) is 0 Å². The van der Waals surface area contributed by atoms with Crippen LogP contribution < -0.4 is 19.6 Å². The van der Waals surface area contributed by atoms with E-state index in [1.807, 2.05) is 38.1 Å². The average molecular weight is 536 g/mol. The van der Waals surface area contributed by atoms with Crippen LogP contribution in [-0.2, 0) is 17.8 Å². The van der Waals surface area contributed by atoms with Crippen LogP contribution in [0.2, 0.25) is 15.1 Å². The Hall–Kier alpha value is -2.93. The van der Waals surface area contributed by atoms with Crippen LogP contribution in [-0.4, -0.2) is 25.3 Å². The second kappa shape index (κ2) is 13.2. The summed E-state index contributed by atoms with van der Waals surface area (Å²) in [7, 11) is 0. The van der Waals surface area contributed by atoms with E-state index in [9.17, 15) is 4.79 Å². The number of nitrogens with one attached hydrogen (secondary N) is 1. The summed E-state index contributed by atoms with van der Waals surface area (Å²) in [6.07, 6.45) is 1.68. The molecule has 0 saturated carbocycles. The molecule has 1 N–H and O–H groups in total. The molecule has 0 aliphatic carbocycles. The monoisotopic (exact) mass is 534 g/mol. The van der Waals surface area contributed by atoms with E-state index in [1.54, 1.807) is 30.3 Å². The van der Waals surface area contributed by atoms with Crippen molar-refractivity contribution in [3.05, 3.63) is 86.4 Å². The van der Waals surface area contributed by atoms with Gasteiger partial charge in [-0.25, -0.2) is 5.43 Å². The van der Waals surface area contributed by atoms with Crippen molar-refractivity contribution in [2.45, 2.75) is 26.9 Å². The van der Waals surface area contributed by atoms with Gasteiger partial charge in [-0.1, -0.05) is 53.0 Å². The van der Waals surface area contributed by atoms with Gasteiger partial charge in [0.1, 0.15) is 12.4 Å². The van der Waals surface area contributed by atoms with Gasteiger partial charge in [0.25, 0.3) is 0 Å². The van der Waals surface area contributed by atoms with Gasteiger partial charge in [-0.2, -0.15) is 5.10 Å². The quantitative estimate of drug-likeness (QED) is 0.219. The Labute approximate surface area is 219 Å². The Balaban J connectivity index is 1.64. The molecule has 0 unspecified atom stereocenters. The zero-order valence-corrected chi connectivity index (χ0v) is 21.6. The first-order chi connectivity index (χ1) is 16.9. The third kappa shape index (κ3) is 8.06. The lowest BCUT2D eigenvalue weighted by atomic mass is 10.1. The Morgan fingerprint density at radius 3 is 2.34 bits per heavy atom. The summed E-state index contributed by atoms with van der Waals surface area (Å²) < 4.78 is 17.0. The molecule has 0 heterocycles. The van der Waals surface area contributed by atoms with Gasteiger partial charge in [-0.3, -0.25) is 4.79 Å². The van der Waals surface area contributed by atoms with Crippen LogP contribution in [0.1, 0.15) is 30.5 Å². The van der Waals surface area contributed by atoms with Crippen molar-refractivity contribution in [3.8, 4) is 17.2 Å². The van der Waals surface area contributed by atoms with Crippen LogP contribution in [0.15, 0.2) is 59.7 Å². The minimum atomic E-state index is -0.249. The molecule has 3 rings (SSSR count). The van der Waals surface area contributed by atoms with Gasteiger partial charge in [-0.05, 0) is 61.4 Å². The minimum Gasteiger partial charge on any atom is -0.494 e. The summed E-state index contributed by atoms with van der Waals surface area (Å²) in [5, 5.41) is 5.41. The summed E-state index contributed by atoms with van der Waals surface area (Å²) in [6.45, 7) is 4.96. The highest BCUT2D eigenvalue weighted by molar-refractivity contribution is 6.35. The van der Waals surface area contributed by atoms with Gasteiger partial charge in [0.05, 0.1) is 30.9 Å². The number of halogens is 3. The molecule has 0 radical (unpaired) electrons. The van der Waals surface area contributed by atoms with Crippen molar-refractivity contribution in [3.63, 3.8) is 0 Å². The third-order valence-electron chi connectivity index (χ3n) is 4.72. The van der Waals surface area contributed by atoms with Crippen LogP contribution in [0.4, 0.5) is 0 Å². The van der Waals surface area contributed by atoms with Crippen molar-refractivity contribution in [1.82, 2.24) is 5.43 Å². The standard InChI is InChI=1S/C26H25Cl3N2O4/c1-3-33-21-9-5-17(6-10-21)13-25(32)31-30-15-18-11-23(29)26(24(12-18)34-4-2)35-16-19-7-8-20(27)14-22(19)28/h5-12,14-15H,3-4,13,16H2,1-2H3,(H,31,32)/b30-15-. The number of hydrazone groups is 1. The molecular weight excluding hydrogens is 511 g/mol. The molecule has 0 bridgehead atoms. The molecule has 35 heavy (non-hydrogen) atoms. The Morgan fingerprint density at radius 1 is 0.914 bits per heavy atom. The number of benzene rings is 3. The molecule has 9 heteroatoms. The van der Waals surface area contributed by atoms with E-state index in [1.165, 1.54) is 6.21 Å². The fourth-order valence-electron chi connectivity index (χ4n) is 3.13. The van der Waals surface area contributed by atoms with Crippen molar-refractivity contribution in [1.29, 1.82) is 0 Å². The zero-order chi connectivity index (χ0) is 25.2. The van der Waals surface area contributed by atoms with Gasteiger partial charge >= 0.3 is 0 Å². The SMILES string of the molecule is CCOc1ccc(CC(=O)N/N=C\c2cc(Cl)c(OCc3ccc(Cl)cc3Cl)c(OCC)c2)cc1. The summed E-state index contributed by atoms with van der Waals surface area (Å²) in [5.41, 5.74) is 4.77. The number of hydrogen-bond donors (Lipinski definition) is 1. The van der Waals surface area contributed by atoms with Gasteiger partial charge in [0.15, 0.2) is 11.5 Å². The first-order valence-electron chi connectivity index (χ1n) is 11.0. The van der Waals surface area contributed by atoms with Gasteiger partial charge < -0.3 is 14.2 Å². The topological polar surface area (TPSA) is 69.2 Å². The Morgan fingerprint density at radius 2 is 1.66 bits per heavy atom. The van der Waals surface area contributed by atoms with Crippen molar-refractivity contribution >= 4 is 46.9 Å². The molecule has 6 nitrogen and oxygen atoms in total. The number of ether oxygens (including phenoxy) is 3. The maximum Gasteiger partial charge on any atom is 0.244 e. The molecule has 3 aromatic rings. The van der Waals surface area contributed by atoms with Crippen LogP contribution in [0, 0.1) is 0 Å². The Bertz CT molecular complexity index is 1180. The van der Waals surface area contributed by atoms with Crippen LogP contribution >= 0.6 is 34.8 Å². The second-order valence-electron chi connectivity index (χ2n) is 7.33. The average Bonchev–Trinajstić information content (AvgIpc) is 2.81. The highest BCUT2D eigenvalue weighted by atomic mass is 35.5. The smallest absolute Gasteiger partial charge is 0.244 e. The van der Waals surface area contributed by atoms with E-state index in [-0.39, 0.29) is 18.9 Å². The van der Waals surface area contributed by atoms with Crippen LogP contribution in [0.5, 0.6) is 17.2 Å². The molecule has 0 aromatic heterocycles. The molecule has 0 fully saturated rings. The van der Waals surface area contributed by atoms with Crippen LogP contribution in [0.3, 0.4) is 0 Å². The van der Waals surface area contributed by atoms with E-state index in [4.69, 9.17) is 49.0 Å².